The van der Waals surface area contributed by atoms with E-state index in [1.165, 1.54) is 0 Å². The highest BCUT2D eigenvalue weighted by Crippen LogP contribution is 2.15. The Labute approximate surface area is 151 Å². The minimum Gasteiger partial charge on any atom is -0.383 e. The first kappa shape index (κ1) is 17.4. The summed E-state index contributed by atoms with van der Waals surface area (Å²) < 4.78 is 6.67. The molecule has 0 fully saturated rings. The molecule has 3 aromatic rings. The number of nitrogens with zero attached hydrogens (tertiary/aromatic N) is 3. The predicted octanol–water partition coefficient (Wildman–Crippen LogP) is 2.04. The predicted molar refractivity (Wildman–Crippen MR) is 98.0 cm³/mol. The van der Waals surface area contributed by atoms with Crippen LogP contribution in [0.3, 0.4) is 0 Å². The lowest BCUT2D eigenvalue weighted by atomic mass is 10.1. The molecule has 0 atom stereocenters. The third-order valence-electron chi connectivity index (χ3n) is 3.59. The highest BCUT2D eigenvalue weighted by molar-refractivity contribution is 5.95. The van der Waals surface area contributed by atoms with E-state index in [0.717, 1.165) is 5.69 Å². The van der Waals surface area contributed by atoms with Gasteiger partial charge in [-0.3, -0.25) is 4.79 Å². The molecular formula is C20H18N4O2. The zero-order valence-electron chi connectivity index (χ0n) is 14.3. The van der Waals surface area contributed by atoms with Gasteiger partial charge in [-0.25, -0.2) is 9.67 Å². The molecule has 1 amide bonds. The third-order valence-corrected chi connectivity index (χ3v) is 3.59. The van der Waals surface area contributed by atoms with Crippen molar-refractivity contribution in [1.29, 1.82) is 0 Å². The highest BCUT2D eigenvalue weighted by atomic mass is 16.5. The van der Waals surface area contributed by atoms with Crippen LogP contribution in [0.4, 0.5) is 0 Å². The van der Waals surface area contributed by atoms with Crippen molar-refractivity contribution in [3.05, 3.63) is 77.9 Å². The third kappa shape index (κ3) is 4.35. The van der Waals surface area contributed by atoms with E-state index in [0.29, 0.717) is 30.0 Å². The fraction of sp³-hybridized carbons (Fsp3) is 0.150. The lowest BCUT2D eigenvalue weighted by Gasteiger charge is -2.09. The Hall–Kier alpha value is -3.43. The number of carbonyl (C=O) groups is 1. The Kier molecular flexibility index (Phi) is 5.76. The van der Waals surface area contributed by atoms with Gasteiger partial charge < -0.3 is 10.1 Å². The number of ether oxygens (including phenoxy) is 1. The maximum absolute atomic E-state index is 12.3. The Morgan fingerprint density at radius 2 is 2.12 bits per heavy atom. The van der Waals surface area contributed by atoms with Crippen LogP contribution in [0.1, 0.15) is 21.6 Å². The SMILES string of the molecule is COCCNC(=O)c1ccc(-n2cccn2)c(C#Cc2ccccn2)c1. The fourth-order valence-corrected chi connectivity index (χ4v) is 2.33. The monoisotopic (exact) mass is 346 g/mol. The molecule has 6 heteroatoms. The quantitative estimate of drug-likeness (QED) is 0.567. The van der Waals surface area contributed by atoms with Crippen molar-refractivity contribution in [3.8, 4) is 17.5 Å². The van der Waals surface area contributed by atoms with E-state index in [1.807, 2.05) is 36.5 Å². The molecule has 6 nitrogen and oxygen atoms in total. The van der Waals surface area contributed by atoms with E-state index in [2.05, 4.69) is 27.2 Å². The van der Waals surface area contributed by atoms with Crippen LogP contribution in [0.25, 0.3) is 5.69 Å². The minimum atomic E-state index is -0.171. The highest BCUT2D eigenvalue weighted by Gasteiger charge is 2.10. The largest absolute Gasteiger partial charge is 0.383 e. The lowest BCUT2D eigenvalue weighted by molar-refractivity contribution is 0.0937. The van der Waals surface area contributed by atoms with Gasteiger partial charge in [-0.1, -0.05) is 12.0 Å². The van der Waals surface area contributed by atoms with Crippen LogP contribution < -0.4 is 5.32 Å². The van der Waals surface area contributed by atoms with E-state index in [4.69, 9.17) is 4.74 Å². The summed E-state index contributed by atoms with van der Waals surface area (Å²) in [7, 11) is 1.59. The number of hydrogen-bond donors (Lipinski definition) is 1. The van der Waals surface area contributed by atoms with Crippen LogP contribution in [0.2, 0.25) is 0 Å². The average molecular weight is 346 g/mol. The van der Waals surface area contributed by atoms with Gasteiger partial charge in [-0.05, 0) is 42.3 Å². The van der Waals surface area contributed by atoms with Crippen LogP contribution >= 0.6 is 0 Å². The maximum Gasteiger partial charge on any atom is 0.251 e. The number of aromatic nitrogens is 3. The number of hydrogen-bond acceptors (Lipinski definition) is 4. The topological polar surface area (TPSA) is 69.0 Å². The molecule has 1 aromatic carbocycles. The zero-order valence-corrected chi connectivity index (χ0v) is 14.3. The smallest absolute Gasteiger partial charge is 0.251 e. The molecule has 0 radical (unpaired) electrons. The van der Waals surface area contributed by atoms with E-state index in [1.54, 1.807) is 36.3 Å². The van der Waals surface area contributed by atoms with Gasteiger partial charge in [0.15, 0.2) is 0 Å². The van der Waals surface area contributed by atoms with Crippen LogP contribution in [0.15, 0.2) is 61.1 Å². The summed E-state index contributed by atoms with van der Waals surface area (Å²) in [4.78, 5) is 16.5. The van der Waals surface area contributed by atoms with Gasteiger partial charge >= 0.3 is 0 Å². The summed E-state index contributed by atoms with van der Waals surface area (Å²) in [6.45, 7) is 0.911. The molecular weight excluding hydrogens is 328 g/mol. The molecule has 0 spiro atoms. The number of methoxy groups -OCH3 is 1. The summed E-state index contributed by atoms with van der Waals surface area (Å²) in [5.74, 6) is 5.96. The molecule has 26 heavy (non-hydrogen) atoms. The van der Waals surface area contributed by atoms with E-state index in [9.17, 15) is 4.79 Å². The fourth-order valence-electron chi connectivity index (χ4n) is 2.33. The maximum atomic E-state index is 12.3. The first-order valence-corrected chi connectivity index (χ1v) is 8.12. The van der Waals surface area contributed by atoms with Crippen molar-refractivity contribution in [1.82, 2.24) is 20.1 Å². The molecule has 2 aromatic heterocycles. The Balaban J connectivity index is 1.94. The van der Waals surface area contributed by atoms with Crippen LogP contribution in [-0.2, 0) is 4.74 Å². The molecule has 2 heterocycles. The number of nitrogens with one attached hydrogen (secondary N) is 1. The molecule has 130 valence electrons. The second-order valence-corrected chi connectivity index (χ2v) is 5.40. The number of benzene rings is 1. The second-order valence-electron chi connectivity index (χ2n) is 5.40. The van der Waals surface area contributed by atoms with Gasteiger partial charge in [0.1, 0.15) is 5.69 Å². The molecule has 0 bridgehead atoms. The summed E-state index contributed by atoms with van der Waals surface area (Å²) in [5, 5.41) is 7.06. The summed E-state index contributed by atoms with van der Waals surface area (Å²) >= 11 is 0. The zero-order chi connectivity index (χ0) is 18.2. The number of carbonyl (C=O) groups excluding carboxylic acids is 1. The molecule has 0 aliphatic heterocycles. The lowest BCUT2D eigenvalue weighted by Crippen LogP contribution is -2.27. The molecule has 1 N–H and O–H groups in total. The summed E-state index contributed by atoms with van der Waals surface area (Å²) in [6, 6.07) is 12.7. The minimum absolute atomic E-state index is 0.171. The van der Waals surface area contributed by atoms with Crippen molar-refractivity contribution in [2.24, 2.45) is 0 Å². The molecule has 0 aliphatic carbocycles. The number of pyridine rings is 1. The van der Waals surface area contributed by atoms with E-state index in [-0.39, 0.29) is 5.91 Å². The van der Waals surface area contributed by atoms with Crippen molar-refractivity contribution in [2.75, 3.05) is 20.3 Å². The number of amides is 1. The van der Waals surface area contributed by atoms with E-state index >= 15 is 0 Å². The van der Waals surface area contributed by atoms with E-state index < -0.39 is 0 Å². The van der Waals surface area contributed by atoms with Gasteiger partial charge in [-0.15, -0.1) is 0 Å². The first-order chi connectivity index (χ1) is 12.8. The van der Waals surface area contributed by atoms with Crippen LogP contribution in [0, 0.1) is 11.8 Å². The van der Waals surface area contributed by atoms with Gasteiger partial charge in [0.25, 0.3) is 5.91 Å². The average Bonchev–Trinajstić information content (AvgIpc) is 3.21. The summed E-state index contributed by atoms with van der Waals surface area (Å²) in [6.07, 6.45) is 5.22. The van der Waals surface area contributed by atoms with Gasteiger partial charge in [0, 0.05) is 37.8 Å². The molecule has 0 saturated heterocycles. The Morgan fingerprint density at radius 3 is 2.85 bits per heavy atom. The van der Waals surface area contributed by atoms with Crippen molar-refractivity contribution in [2.45, 2.75) is 0 Å². The Bertz CT molecular complexity index is 925. The van der Waals surface area contributed by atoms with Gasteiger partial charge in [0.2, 0.25) is 0 Å². The number of rotatable bonds is 5. The standard InChI is InChI=1S/C20H18N4O2/c1-26-14-12-22-20(25)17-7-9-19(24-13-4-11-23-24)16(15-17)6-8-18-5-2-3-10-21-18/h2-5,7,9-11,13,15H,12,14H2,1H3,(H,22,25). The molecule has 0 saturated carbocycles. The summed E-state index contributed by atoms with van der Waals surface area (Å²) in [5.41, 5.74) is 2.68. The van der Waals surface area contributed by atoms with Crippen molar-refractivity contribution >= 4 is 5.91 Å². The van der Waals surface area contributed by atoms with Crippen molar-refractivity contribution < 1.29 is 9.53 Å². The van der Waals surface area contributed by atoms with Gasteiger partial charge in [-0.2, -0.15) is 5.10 Å². The Morgan fingerprint density at radius 1 is 1.19 bits per heavy atom. The van der Waals surface area contributed by atoms with Gasteiger partial charge in [0.05, 0.1) is 17.9 Å². The molecule has 0 aliphatic rings. The second kappa shape index (κ2) is 8.60. The van der Waals surface area contributed by atoms with Crippen LogP contribution in [-0.4, -0.2) is 40.9 Å². The first-order valence-electron chi connectivity index (χ1n) is 8.12. The van der Waals surface area contributed by atoms with Crippen LogP contribution in [0.5, 0.6) is 0 Å². The molecule has 0 unspecified atom stereocenters. The molecule has 3 rings (SSSR count). The normalized spacial score (nSPS) is 10.0. The van der Waals surface area contributed by atoms with Crippen molar-refractivity contribution in [3.63, 3.8) is 0 Å².